The maximum atomic E-state index is 6.62. The van der Waals surface area contributed by atoms with Crippen molar-refractivity contribution in [3.05, 3.63) is 146 Å². The van der Waals surface area contributed by atoms with Gasteiger partial charge in [-0.3, -0.25) is 0 Å². The second kappa shape index (κ2) is 10.7. The highest BCUT2D eigenvalue weighted by Crippen LogP contribution is 2.40. The fourth-order valence-corrected chi connectivity index (χ4v) is 7.57. The van der Waals surface area contributed by atoms with Crippen molar-refractivity contribution in [3.63, 3.8) is 0 Å². The standard InChI is InChI=1S/C42H24N4OS/c1-3-11-27(12-4-1)39-44-40(29-21-20-26-19-18-25-10-7-8-15-30(25)33(26)22-29)46-41(45-39)32-17-9-16-31-34-23-37-35(24-36(34)47-38(31)32)43-42(48-37)28-13-5-2-6-14-28/h1-24H. The predicted molar refractivity (Wildman–Crippen MR) is 197 cm³/mol. The Labute approximate surface area is 278 Å². The maximum Gasteiger partial charge on any atom is 0.167 e. The third kappa shape index (κ3) is 4.38. The van der Waals surface area contributed by atoms with Gasteiger partial charge in [0.1, 0.15) is 16.2 Å². The Kier molecular flexibility index (Phi) is 5.98. The third-order valence-corrected chi connectivity index (χ3v) is 10.0. The molecule has 0 saturated carbocycles. The highest BCUT2D eigenvalue weighted by atomic mass is 32.1. The molecule has 0 aliphatic carbocycles. The first-order chi connectivity index (χ1) is 23.7. The van der Waals surface area contributed by atoms with Crippen molar-refractivity contribution in [2.24, 2.45) is 0 Å². The molecule has 48 heavy (non-hydrogen) atoms. The van der Waals surface area contributed by atoms with Crippen molar-refractivity contribution < 1.29 is 4.42 Å². The van der Waals surface area contributed by atoms with Crippen LogP contribution in [0.5, 0.6) is 0 Å². The molecule has 3 aromatic heterocycles. The summed E-state index contributed by atoms with van der Waals surface area (Å²) < 4.78 is 7.74. The largest absolute Gasteiger partial charge is 0.455 e. The number of para-hydroxylation sites is 1. The molecule has 10 aromatic rings. The van der Waals surface area contributed by atoms with E-state index < -0.39 is 0 Å². The summed E-state index contributed by atoms with van der Waals surface area (Å²) in [5, 5.41) is 7.79. The summed E-state index contributed by atoms with van der Waals surface area (Å²) in [5.74, 6) is 1.78. The van der Waals surface area contributed by atoms with Crippen LogP contribution in [0.25, 0.3) is 98.4 Å². The van der Waals surface area contributed by atoms with Crippen LogP contribution in [0.2, 0.25) is 0 Å². The number of nitrogens with zero attached hydrogens (tertiary/aromatic N) is 4. The first kappa shape index (κ1) is 26.9. The Hall–Kier alpha value is -6.24. The zero-order chi connectivity index (χ0) is 31.6. The van der Waals surface area contributed by atoms with Gasteiger partial charge in [0.2, 0.25) is 0 Å². The number of benzene rings is 7. The summed E-state index contributed by atoms with van der Waals surface area (Å²) in [6.07, 6.45) is 0. The van der Waals surface area contributed by atoms with Gasteiger partial charge in [-0.15, -0.1) is 11.3 Å². The van der Waals surface area contributed by atoms with Gasteiger partial charge in [0.25, 0.3) is 0 Å². The van der Waals surface area contributed by atoms with Gasteiger partial charge in [0.05, 0.1) is 15.8 Å². The van der Waals surface area contributed by atoms with Crippen LogP contribution in [0.15, 0.2) is 150 Å². The van der Waals surface area contributed by atoms with Gasteiger partial charge in [-0.05, 0) is 39.7 Å². The van der Waals surface area contributed by atoms with Gasteiger partial charge in [-0.2, -0.15) is 0 Å². The zero-order valence-corrected chi connectivity index (χ0v) is 26.3. The second-order valence-corrected chi connectivity index (χ2v) is 12.9. The van der Waals surface area contributed by atoms with Crippen molar-refractivity contribution in [2.45, 2.75) is 0 Å². The topological polar surface area (TPSA) is 64.7 Å². The summed E-state index contributed by atoms with van der Waals surface area (Å²) in [6.45, 7) is 0. The molecule has 0 N–H and O–H groups in total. The van der Waals surface area contributed by atoms with Gasteiger partial charge in [0.15, 0.2) is 17.5 Å². The molecule has 0 amide bonds. The van der Waals surface area contributed by atoms with E-state index in [2.05, 4.69) is 78.9 Å². The molecule has 0 unspecified atom stereocenters. The molecular formula is C42H24N4OS. The van der Waals surface area contributed by atoms with Gasteiger partial charge >= 0.3 is 0 Å². The van der Waals surface area contributed by atoms with Crippen LogP contribution in [0.1, 0.15) is 0 Å². The van der Waals surface area contributed by atoms with E-state index in [1.54, 1.807) is 11.3 Å². The highest BCUT2D eigenvalue weighted by molar-refractivity contribution is 7.21. The molecule has 10 rings (SSSR count). The number of thiazole rings is 1. The van der Waals surface area contributed by atoms with Gasteiger partial charge in [-0.1, -0.05) is 121 Å². The van der Waals surface area contributed by atoms with E-state index in [4.69, 9.17) is 24.4 Å². The molecule has 0 aliphatic heterocycles. The quantitative estimate of drug-likeness (QED) is 0.181. The van der Waals surface area contributed by atoms with Crippen LogP contribution in [0.4, 0.5) is 0 Å². The van der Waals surface area contributed by atoms with E-state index in [-0.39, 0.29) is 0 Å². The SMILES string of the molecule is c1ccc(-c2nc(-c3ccc4ccc5ccccc5c4c3)nc(-c3cccc4c3oc3cc5nc(-c6ccccc6)sc5cc34)n2)cc1. The fraction of sp³-hybridized carbons (Fsp3) is 0. The minimum absolute atomic E-state index is 0.563. The Balaban J connectivity index is 1.17. The lowest BCUT2D eigenvalue weighted by Crippen LogP contribution is -2.00. The molecule has 7 aromatic carbocycles. The van der Waals surface area contributed by atoms with Crippen molar-refractivity contribution in [3.8, 4) is 44.7 Å². The molecular weight excluding hydrogens is 609 g/mol. The molecule has 0 fully saturated rings. The van der Waals surface area contributed by atoms with E-state index in [1.807, 2.05) is 66.7 Å². The van der Waals surface area contributed by atoms with E-state index in [0.717, 1.165) is 64.8 Å². The predicted octanol–water partition coefficient (Wildman–Crippen LogP) is 11.4. The van der Waals surface area contributed by atoms with Crippen LogP contribution in [0, 0.1) is 0 Å². The first-order valence-corrected chi connectivity index (χ1v) is 16.6. The van der Waals surface area contributed by atoms with E-state index in [0.29, 0.717) is 17.5 Å². The van der Waals surface area contributed by atoms with E-state index >= 15 is 0 Å². The lowest BCUT2D eigenvalue weighted by atomic mass is 10.00. The van der Waals surface area contributed by atoms with Gasteiger partial charge < -0.3 is 4.42 Å². The van der Waals surface area contributed by atoms with Gasteiger partial charge in [0, 0.05) is 33.5 Å². The Morgan fingerprint density at radius 1 is 0.438 bits per heavy atom. The lowest BCUT2D eigenvalue weighted by Gasteiger charge is -2.10. The number of rotatable bonds is 4. The summed E-state index contributed by atoms with van der Waals surface area (Å²) in [6, 6.07) is 50.0. The van der Waals surface area contributed by atoms with Crippen LogP contribution >= 0.6 is 11.3 Å². The molecule has 0 saturated heterocycles. The zero-order valence-electron chi connectivity index (χ0n) is 25.5. The minimum Gasteiger partial charge on any atom is -0.455 e. The van der Waals surface area contributed by atoms with Crippen molar-refractivity contribution in [1.82, 2.24) is 19.9 Å². The molecule has 5 nitrogen and oxygen atoms in total. The fourth-order valence-electron chi connectivity index (χ4n) is 6.58. The second-order valence-electron chi connectivity index (χ2n) is 11.9. The van der Waals surface area contributed by atoms with Crippen LogP contribution < -0.4 is 0 Å². The Morgan fingerprint density at radius 2 is 1.10 bits per heavy atom. The monoisotopic (exact) mass is 632 g/mol. The van der Waals surface area contributed by atoms with E-state index in [1.165, 1.54) is 16.2 Å². The summed E-state index contributed by atoms with van der Waals surface area (Å²) in [4.78, 5) is 20.1. The normalized spacial score (nSPS) is 11.8. The summed E-state index contributed by atoms with van der Waals surface area (Å²) in [5.41, 5.74) is 6.23. The van der Waals surface area contributed by atoms with Crippen molar-refractivity contribution >= 4 is 65.0 Å². The third-order valence-electron chi connectivity index (χ3n) is 8.94. The number of fused-ring (bicyclic) bond motifs is 7. The van der Waals surface area contributed by atoms with Crippen molar-refractivity contribution in [2.75, 3.05) is 0 Å². The average molecular weight is 633 g/mol. The molecule has 0 aliphatic rings. The molecule has 0 radical (unpaired) electrons. The minimum atomic E-state index is 0.563. The molecule has 0 bridgehead atoms. The van der Waals surface area contributed by atoms with Crippen LogP contribution in [0.3, 0.4) is 0 Å². The van der Waals surface area contributed by atoms with Crippen LogP contribution in [-0.4, -0.2) is 19.9 Å². The molecule has 0 atom stereocenters. The van der Waals surface area contributed by atoms with Crippen LogP contribution in [-0.2, 0) is 0 Å². The average Bonchev–Trinajstić information content (AvgIpc) is 3.75. The highest BCUT2D eigenvalue weighted by Gasteiger charge is 2.19. The molecule has 0 spiro atoms. The lowest BCUT2D eigenvalue weighted by molar-refractivity contribution is 0.670. The summed E-state index contributed by atoms with van der Waals surface area (Å²) >= 11 is 1.69. The van der Waals surface area contributed by atoms with Crippen molar-refractivity contribution in [1.29, 1.82) is 0 Å². The maximum absolute atomic E-state index is 6.62. The Morgan fingerprint density at radius 3 is 1.94 bits per heavy atom. The first-order valence-electron chi connectivity index (χ1n) is 15.8. The molecule has 3 heterocycles. The molecule has 6 heteroatoms. The number of aromatic nitrogens is 4. The van der Waals surface area contributed by atoms with Gasteiger partial charge in [-0.25, -0.2) is 19.9 Å². The number of hydrogen-bond donors (Lipinski definition) is 0. The van der Waals surface area contributed by atoms with E-state index in [9.17, 15) is 0 Å². The summed E-state index contributed by atoms with van der Waals surface area (Å²) in [7, 11) is 0. The smallest absolute Gasteiger partial charge is 0.167 e. The Bertz CT molecular complexity index is 2840. The number of hydrogen-bond acceptors (Lipinski definition) is 6. The molecule has 224 valence electrons. The number of furan rings is 1.